The Morgan fingerprint density at radius 3 is 1.43 bits per heavy atom. The van der Waals surface area contributed by atoms with Gasteiger partial charge in [-0.25, -0.2) is 12.1 Å². The van der Waals surface area contributed by atoms with Crippen LogP contribution in [0.5, 0.6) is 0 Å². The Bertz CT molecular complexity index is 471. The molecule has 0 fully saturated rings. The third-order valence-electron chi connectivity index (χ3n) is 4.72. The Hall–Kier alpha value is -0.586. The van der Waals surface area contributed by atoms with E-state index in [-0.39, 0.29) is 21.7 Å². The van der Waals surface area contributed by atoms with Gasteiger partial charge in [0.25, 0.3) is 0 Å². The fourth-order valence-electron chi connectivity index (χ4n) is 3.75. The van der Waals surface area contributed by atoms with E-state index in [1.165, 1.54) is 62.5 Å². The minimum Gasteiger partial charge on any atom is -0.207 e. The van der Waals surface area contributed by atoms with E-state index in [0.717, 1.165) is 0 Å². The summed E-state index contributed by atoms with van der Waals surface area (Å²) < 4.78 is 0. The maximum absolute atomic E-state index is 2.34. The van der Waals surface area contributed by atoms with E-state index in [1.54, 1.807) is 22.3 Å². The molecule has 0 saturated carbocycles. The van der Waals surface area contributed by atoms with Crippen LogP contribution >= 0.6 is 0 Å². The van der Waals surface area contributed by atoms with E-state index < -0.39 is 0 Å². The molecular weight excluding hydrogens is 288 g/mol. The molecule has 4 rings (SSSR count). The molecule has 21 heavy (non-hydrogen) atoms. The zero-order valence-corrected chi connectivity index (χ0v) is 15.0. The molecule has 0 nitrogen and oxygen atoms in total. The van der Waals surface area contributed by atoms with Gasteiger partial charge in [-0.3, -0.25) is 0 Å². The Morgan fingerprint density at radius 1 is 0.667 bits per heavy atom. The van der Waals surface area contributed by atoms with E-state index in [0.29, 0.717) is 0 Å². The van der Waals surface area contributed by atoms with Crippen molar-refractivity contribution in [2.75, 3.05) is 0 Å². The maximum atomic E-state index is 2.34. The van der Waals surface area contributed by atoms with Gasteiger partial charge < -0.3 is 0 Å². The average molecular weight is 314 g/mol. The zero-order chi connectivity index (χ0) is 13.9. The van der Waals surface area contributed by atoms with Crippen LogP contribution < -0.4 is 0 Å². The summed E-state index contributed by atoms with van der Waals surface area (Å²) in [7, 11) is 0. The normalized spacial score (nSPS) is 16.1. The number of fused-ring (bicyclic) bond motifs is 2. The van der Waals surface area contributed by atoms with Gasteiger partial charge >= 0.3 is 21.7 Å². The van der Waals surface area contributed by atoms with Crippen molar-refractivity contribution < 1.29 is 21.7 Å². The molecule has 0 unspecified atom stereocenters. The molecule has 0 N–H and O–H groups in total. The van der Waals surface area contributed by atoms with Gasteiger partial charge in [0, 0.05) is 0 Å². The minimum absolute atomic E-state index is 0. The van der Waals surface area contributed by atoms with Crippen LogP contribution in [-0.2, 0) is 47.4 Å². The molecule has 0 amide bonds. The predicted molar refractivity (Wildman–Crippen MR) is 86.8 cm³/mol. The molecule has 0 aromatic heterocycles. The Kier molecular flexibility index (Phi) is 6.08. The molecule has 0 bridgehead atoms. The SMILES string of the molecule is Cc1cc2c([cH-]1)CCCC2.Cc1cc2c([cH-]1)CCCC2.[Ti+2]. The van der Waals surface area contributed by atoms with Crippen LogP contribution in [0.25, 0.3) is 0 Å². The topological polar surface area (TPSA) is 0 Å². The molecule has 2 aliphatic rings. The first-order chi connectivity index (χ1) is 9.72. The molecule has 0 radical (unpaired) electrons. The molecule has 2 aliphatic carbocycles. The van der Waals surface area contributed by atoms with Crippen LogP contribution in [0, 0.1) is 13.8 Å². The number of rotatable bonds is 0. The second-order valence-corrected chi connectivity index (χ2v) is 6.58. The molecule has 0 aliphatic heterocycles. The van der Waals surface area contributed by atoms with E-state index in [2.05, 4.69) is 38.1 Å². The first-order valence-electron chi connectivity index (χ1n) is 8.22. The third kappa shape index (κ3) is 4.21. The fraction of sp³-hybridized carbons (Fsp3) is 0.500. The van der Waals surface area contributed by atoms with Gasteiger partial charge in [0.2, 0.25) is 0 Å². The molecule has 1 heteroatoms. The Morgan fingerprint density at radius 2 is 1.05 bits per heavy atom. The van der Waals surface area contributed by atoms with Gasteiger partial charge in [-0.15, -0.1) is 0 Å². The van der Waals surface area contributed by atoms with Gasteiger partial charge in [-0.2, -0.15) is 45.5 Å². The third-order valence-corrected chi connectivity index (χ3v) is 4.72. The summed E-state index contributed by atoms with van der Waals surface area (Å²) in [6, 6.07) is 9.37. The van der Waals surface area contributed by atoms with Gasteiger partial charge in [-0.05, 0) is 0 Å². The van der Waals surface area contributed by atoms with Crippen molar-refractivity contribution in [3.05, 3.63) is 57.6 Å². The quantitative estimate of drug-likeness (QED) is 0.464. The maximum Gasteiger partial charge on any atom is 2.00 e. The number of hydrogen-bond donors (Lipinski definition) is 0. The molecular formula is C20H26Ti. The van der Waals surface area contributed by atoms with Crippen molar-refractivity contribution in [3.63, 3.8) is 0 Å². The summed E-state index contributed by atoms with van der Waals surface area (Å²) in [4.78, 5) is 0. The summed E-state index contributed by atoms with van der Waals surface area (Å²) >= 11 is 0. The molecule has 2 aromatic carbocycles. The average Bonchev–Trinajstić information content (AvgIpc) is 2.99. The van der Waals surface area contributed by atoms with Crippen molar-refractivity contribution in [3.8, 4) is 0 Å². The van der Waals surface area contributed by atoms with Crippen LogP contribution in [0.15, 0.2) is 24.3 Å². The molecule has 2 aromatic rings. The van der Waals surface area contributed by atoms with E-state index in [4.69, 9.17) is 0 Å². The van der Waals surface area contributed by atoms with Crippen molar-refractivity contribution in [1.29, 1.82) is 0 Å². The molecule has 110 valence electrons. The first-order valence-corrected chi connectivity index (χ1v) is 8.22. The number of aryl methyl sites for hydroxylation is 6. The van der Waals surface area contributed by atoms with Crippen LogP contribution in [0.4, 0.5) is 0 Å². The van der Waals surface area contributed by atoms with Gasteiger partial charge in [0.15, 0.2) is 0 Å². The Labute approximate surface area is 144 Å². The molecule has 0 atom stereocenters. The van der Waals surface area contributed by atoms with Crippen molar-refractivity contribution in [2.24, 2.45) is 0 Å². The van der Waals surface area contributed by atoms with Gasteiger partial charge in [0.05, 0.1) is 0 Å². The zero-order valence-electron chi connectivity index (χ0n) is 13.5. The second kappa shape index (κ2) is 7.61. The van der Waals surface area contributed by atoms with Crippen molar-refractivity contribution >= 4 is 0 Å². The van der Waals surface area contributed by atoms with Crippen LogP contribution in [-0.4, -0.2) is 0 Å². The van der Waals surface area contributed by atoms with E-state index >= 15 is 0 Å². The summed E-state index contributed by atoms with van der Waals surface area (Å²) in [5.41, 5.74) is 9.36. The second-order valence-electron chi connectivity index (χ2n) is 6.58. The van der Waals surface area contributed by atoms with E-state index in [1.807, 2.05) is 0 Å². The first kappa shape index (κ1) is 16.8. The summed E-state index contributed by atoms with van der Waals surface area (Å²) in [5, 5.41) is 0. The predicted octanol–water partition coefficient (Wildman–Crippen LogP) is 5.18. The van der Waals surface area contributed by atoms with Gasteiger partial charge in [0.1, 0.15) is 0 Å². The number of hydrogen-bond acceptors (Lipinski definition) is 0. The molecule has 0 heterocycles. The van der Waals surface area contributed by atoms with Crippen LogP contribution in [0.1, 0.15) is 59.1 Å². The molecule has 0 saturated heterocycles. The monoisotopic (exact) mass is 314 g/mol. The summed E-state index contributed by atoms with van der Waals surface area (Å²) in [6.07, 6.45) is 10.9. The van der Waals surface area contributed by atoms with E-state index in [9.17, 15) is 0 Å². The van der Waals surface area contributed by atoms with Crippen molar-refractivity contribution in [2.45, 2.75) is 65.2 Å². The largest absolute Gasteiger partial charge is 2.00 e. The summed E-state index contributed by atoms with van der Waals surface area (Å²) in [6.45, 7) is 4.39. The van der Waals surface area contributed by atoms with Crippen LogP contribution in [0.2, 0.25) is 0 Å². The standard InChI is InChI=1S/2C10H13.Ti/c2*1-8-6-9-4-2-3-5-10(9)7-8;/h2*6-7H,2-5H2,1H3;/q2*-1;+2. The fourth-order valence-corrected chi connectivity index (χ4v) is 3.75. The smallest absolute Gasteiger partial charge is 0.207 e. The Balaban J connectivity index is 0.000000147. The van der Waals surface area contributed by atoms with Crippen molar-refractivity contribution in [1.82, 2.24) is 0 Å². The summed E-state index contributed by atoms with van der Waals surface area (Å²) in [5.74, 6) is 0. The van der Waals surface area contributed by atoms with Gasteiger partial charge in [-0.1, -0.05) is 65.2 Å². The van der Waals surface area contributed by atoms with Crippen LogP contribution in [0.3, 0.4) is 0 Å². The molecule has 0 spiro atoms. The minimum atomic E-state index is 0.